The first-order valence-corrected chi connectivity index (χ1v) is 19.3. The van der Waals surface area contributed by atoms with Gasteiger partial charge >= 0.3 is 6.03 Å². The van der Waals surface area contributed by atoms with Gasteiger partial charge in [0.05, 0.1) is 22.1 Å². The second-order valence-electron chi connectivity index (χ2n) is 17.0. The van der Waals surface area contributed by atoms with Gasteiger partial charge in [0, 0.05) is 19.5 Å². The second kappa shape index (κ2) is 15.0. The number of likely N-dealkylation sites (N-methyl/N-ethyl adjacent to an activating group) is 1. The van der Waals surface area contributed by atoms with Crippen molar-refractivity contribution < 1.29 is 32.4 Å². The minimum absolute atomic E-state index is 0.0120. The number of rotatable bonds is 12. The zero-order valence-corrected chi connectivity index (χ0v) is 31.8. The first-order chi connectivity index (χ1) is 22.5. The minimum Gasteiger partial charge on any atom is -0.350 e. The molecule has 49 heavy (non-hydrogen) atoms. The molecule has 3 fully saturated rings. The van der Waals surface area contributed by atoms with E-state index in [1.807, 2.05) is 20.8 Å². The van der Waals surface area contributed by atoms with Gasteiger partial charge < -0.3 is 26.2 Å². The molecule has 0 aromatic rings. The number of fused-ring (bicyclic) bond motifs is 1. The van der Waals surface area contributed by atoms with Gasteiger partial charge in [0.2, 0.25) is 17.6 Å². The number of hydrogen-bond donors (Lipinski definition) is 4. The van der Waals surface area contributed by atoms with Crippen LogP contribution in [0.3, 0.4) is 0 Å². The molecule has 5 atom stereocenters. The smallest absolute Gasteiger partial charge is 0.315 e. The van der Waals surface area contributed by atoms with Crippen molar-refractivity contribution in [3.63, 3.8) is 0 Å². The van der Waals surface area contributed by atoms with Crippen LogP contribution in [0.2, 0.25) is 0 Å². The Morgan fingerprint density at radius 2 is 1.59 bits per heavy atom. The Hall–Kier alpha value is -3.14. The third-order valence-electron chi connectivity index (χ3n) is 10.7. The van der Waals surface area contributed by atoms with Crippen molar-refractivity contribution in [2.75, 3.05) is 18.8 Å². The first kappa shape index (κ1) is 40.3. The normalized spacial score (nSPS) is 24.2. The Morgan fingerprint density at radius 3 is 2.10 bits per heavy atom. The molecule has 276 valence electrons. The fraction of sp³-hybridized carbons (Fsp3) is 0.806. The summed E-state index contributed by atoms with van der Waals surface area (Å²) in [6.45, 7) is 16.8. The van der Waals surface area contributed by atoms with E-state index in [0.29, 0.717) is 19.3 Å². The summed E-state index contributed by atoms with van der Waals surface area (Å²) in [6.07, 6.45) is 9.85. The highest BCUT2D eigenvalue weighted by Gasteiger charge is 2.61. The third kappa shape index (κ3) is 9.16. The number of ketones is 1. The van der Waals surface area contributed by atoms with E-state index in [2.05, 4.69) is 41.0 Å². The molecule has 1 unspecified atom stereocenters. The number of terminal acetylenes is 1. The highest BCUT2D eigenvalue weighted by atomic mass is 32.2. The average Bonchev–Trinajstić information content (AvgIpc) is 3.31. The first-order valence-electron chi connectivity index (χ1n) is 17.7. The van der Waals surface area contributed by atoms with Gasteiger partial charge in [0.15, 0.2) is 9.84 Å². The zero-order chi connectivity index (χ0) is 37.2. The number of urea groups is 1. The van der Waals surface area contributed by atoms with E-state index >= 15 is 0 Å². The van der Waals surface area contributed by atoms with Gasteiger partial charge in [0.25, 0.3) is 5.91 Å². The van der Waals surface area contributed by atoms with Crippen molar-refractivity contribution in [1.82, 2.24) is 26.2 Å². The lowest BCUT2D eigenvalue weighted by atomic mass is 9.55. The molecule has 0 bridgehead atoms. The predicted octanol–water partition coefficient (Wildman–Crippen LogP) is 3.09. The summed E-state index contributed by atoms with van der Waals surface area (Å²) in [5, 5.41) is 11.1. The Labute approximate surface area is 293 Å². The molecule has 13 heteroatoms. The second-order valence-corrected chi connectivity index (χ2v) is 19.8. The van der Waals surface area contributed by atoms with Crippen LogP contribution < -0.4 is 21.3 Å². The Kier molecular flexibility index (Phi) is 12.3. The van der Waals surface area contributed by atoms with Crippen LogP contribution in [0.1, 0.15) is 114 Å². The molecular weight excluding hydrogens is 646 g/mol. The maximum Gasteiger partial charge on any atom is 0.315 e. The monoisotopic (exact) mass is 705 g/mol. The molecule has 12 nitrogen and oxygen atoms in total. The maximum absolute atomic E-state index is 14.5. The highest BCUT2D eigenvalue weighted by molar-refractivity contribution is 7.92. The van der Waals surface area contributed by atoms with Crippen LogP contribution in [-0.4, -0.2) is 90.1 Å². The van der Waals surface area contributed by atoms with Gasteiger partial charge in [-0.1, -0.05) is 53.9 Å². The predicted molar refractivity (Wildman–Crippen MR) is 189 cm³/mol. The number of sulfone groups is 1. The number of hydrogen-bond acceptors (Lipinski definition) is 7. The summed E-state index contributed by atoms with van der Waals surface area (Å²) in [5.41, 5.74) is -1.89. The quantitative estimate of drug-likeness (QED) is 0.179. The van der Waals surface area contributed by atoms with E-state index in [0.717, 1.165) is 19.3 Å². The van der Waals surface area contributed by atoms with Gasteiger partial charge in [0.1, 0.15) is 12.1 Å². The molecule has 2 saturated carbocycles. The average molecular weight is 706 g/mol. The lowest BCUT2D eigenvalue weighted by molar-refractivity contribution is -0.145. The molecular formula is C36H59N5O7S. The summed E-state index contributed by atoms with van der Waals surface area (Å²) in [4.78, 5) is 69.3. The van der Waals surface area contributed by atoms with Crippen molar-refractivity contribution >= 4 is 39.4 Å². The van der Waals surface area contributed by atoms with Gasteiger partial charge in [-0.2, -0.15) is 0 Å². The SMILES string of the molecule is C#CCCC(NC(=O)[C@@H]1[C@H]2CC(C)(C)[C@H]2CN1C(=O)[C@@H](NC(=O)NC1(CS(=O)(=O)C(C)(C)C)CCCCC1)C(C)(C)C)C(=O)C(=O)NCC. The van der Waals surface area contributed by atoms with Crippen molar-refractivity contribution in [2.45, 2.75) is 142 Å². The van der Waals surface area contributed by atoms with Crippen molar-refractivity contribution in [3.8, 4) is 12.3 Å². The van der Waals surface area contributed by atoms with Crippen LogP contribution in [0, 0.1) is 35.0 Å². The van der Waals surface area contributed by atoms with E-state index in [4.69, 9.17) is 6.42 Å². The van der Waals surface area contributed by atoms with Gasteiger partial charge in [-0.05, 0) is 76.0 Å². The molecule has 3 rings (SSSR count). The Balaban J connectivity index is 1.90. The summed E-state index contributed by atoms with van der Waals surface area (Å²) in [6, 6.07) is -3.77. The van der Waals surface area contributed by atoms with Crippen LogP contribution in [-0.2, 0) is 29.0 Å². The van der Waals surface area contributed by atoms with E-state index in [1.165, 1.54) is 4.90 Å². The number of Topliss-reactive ketones (excluding diaryl/α,β-unsaturated/α-hetero) is 1. The molecule has 4 N–H and O–H groups in total. The van der Waals surface area contributed by atoms with Gasteiger partial charge in [-0.15, -0.1) is 12.3 Å². The summed E-state index contributed by atoms with van der Waals surface area (Å²) < 4.78 is 25.6. The van der Waals surface area contributed by atoms with Gasteiger partial charge in [-0.25, -0.2) is 13.2 Å². The number of carbonyl (C=O) groups excluding carboxylic acids is 5. The lowest BCUT2D eigenvalue weighted by Crippen LogP contribution is -2.64. The topological polar surface area (TPSA) is 171 Å². The Morgan fingerprint density at radius 1 is 0.980 bits per heavy atom. The minimum atomic E-state index is -3.57. The van der Waals surface area contributed by atoms with Crippen LogP contribution in [0.15, 0.2) is 0 Å². The van der Waals surface area contributed by atoms with Crippen molar-refractivity contribution in [2.24, 2.45) is 22.7 Å². The zero-order valence-electron chi connectivity index (χ0n) is 31.0. The molecule has 1 saturated heterocycles. The number of amides is 5. The summed E-state index contributed by atoms with van der Waals surface area (Å²) >= 11 is 0. The third-order valence-corrected chi connectivity index (χ3v) is 13.5. The van der Waals surface area contributed by atoms with E-state index in [1.54, 1.807) is 27.7 Å². The largest absolute Gasteiger partial charge is 0.350 e. The lowest BCUT2D eigenvalue weighted by Gasteiger charge is -2.48. The van der Waals surface area contributed by atoms with Crippen LogP contribution in [0.25, 0.3) is 0 Å². The van der Waals surface area contributed by atoms with E-state index < -0.39 is 73.2 Å². The molecule has 1 aliphatic heterocycles. The van der Waals surface area contributed by atoms with Crippen LogP contribution in [0.4, 0.5) is 4.79 Å². The van der Waals surface area contributed by atoms with Crippen molar-refractivity contribution in [3.05, 3.63) is 0 Å². The van der Waals surface area contributed by atoms with Crippen LogP contribution in [0.5, 0.6) is 0 Å². The van der Waals surface area contributed by atoms with Gasteiger partial charge in [-0.3, -0.25) is 19.2 Å². The number of nitrogens with one attached hydrogen (secondary N) is 4. The fourth-order valence-corrected chi connectivity index (χ4v) is 9.17. The molecule has 0 aromatic heterocycles. The Bertz CT molecular complexity index is 1430. The van der Waals surface area contributed by atoms with Crippen molar-refractivity contribution in [1.29, 1.82) is 0 Å². The standard InChI is InChI=1S/C36H59N5O7S/c1-11-13-17-25(27(42)30(44)37-12-2)38-29(43)26-23-20-35(9,10)24(23)21-41(26)31(45)28(33(3,4)5)39-32(46)40-36(18-15-14-16-19-36)22-49(47,48)34(6,7)8/h1,23-26,28H,12-22H2,2-10H3,(H,37,44)(H,38,43)(H2,39,40,46)/t23-,24-,25?,26-,28+/m0/s1. The molecule has 5 amide bonds. The highest BCUT2D eigenvalue weighted by Crippen LogP contribution is 2.57. The molecule has 0 spiro atoms. The number of carbonyl (C=O) groups is 5. The maximum atomic E-state index is 14.5. The molecule has 3 aliphatic rings. The summed E-state index contributed by atoms with van der Waals surface area (Å²) in [7, 11) is -3.57. The number of likely N-dealkylation sites (tertiary alicyclic amines) is 1. The molecule has 0 radical (unpaired) electrons. The molecule has 2 aliphatic carbocycles. The number of nitrogens with zero attached hydrogens (tertiary/aromatic N) is 1. The van der Waals surface area contributed by atoms with E-state index in [9.17, 15) is 32.4 Å². The van der Waals surface area contributed by atoms with Crippen LogP contribution >= 0.6 is 0 Å². The van der Waals surface area contributed by atoms with E-state index in [-0.39, 0.29) is 48.9 Å². The molecule has 0 aromatic carbocycles. The molecule has 1 heterocycles. The fourth-order valence-electron chi connectivity index (χ4n) is 7.65. The summed E-state index contributed by atoms with van der Waals surface area (Å²) in [5.74, 6) is -0.510.